The molecule has 0 aliphatic rings. The first-order chi connectivity index (χ1) is 12.0. The van der Waals surface area contributed by atoms with Crippen LogP contribution in [-0.4, -0.2) is 25.1 Å². The number of hydrogen-bond donors (Lipinski definition) is 0. The molecular formula is C19H19N5O. The molecule has 4 aromatic rings. The van der Waals surface area contributed by atoms with Crippen molar-refractivity contribution in [1.82, 2.24) is 25.1 Å². The summed E-state index contributed by atoms with van der Waals surface area (Å²) in [5.41, 5.74) is 3.78. The molecule has 0 radical (unpaired) electrons. The Balaban J connectivity index is 1.68. The van der Waals surface area contributed by atoms with Crippen molar-refractivity contribution in [2.24, 2.45) is 0 Å². The van der Waals surface area contributed by atoms with Crippen molar-refractivity contribution in [1.29, 1.82) is 0 Å². The highest BCUT2D eigenvalue weighted by atomic mass is 16.5. The number of hydrogen-bond acceptors (Lipinski definition) is 5. The standard InChI is InChI=1S/C19H19N5O/c1-19(2,3)18-14(12-25-22-18)10-24-11-17(21-23-24)16-6-4-5-13-9-20-8-7-15(13)16/h4-9,11-12H,10H2,1-3H3. The topological polar surface area (TPSA) is 69.6 Å². The van der Waals surface area contributed by atoms with Gasteiger partial charge in [-0.1, -0.05) is 49.3 Å². The summed E-state index contributed by atoms with van der Waals surface area (Å²) < 4.78 is 6.99. The van der Waals surface area contributed by atoms with Crippen LogP contribution in [0.25, 0.3) is 22.0 Å². The zero-order valence-corrected chi connectivity index (χ0v) is 14.5. The number of fused-ring (bicyclic) bond motifs is 1. The summed E-state index contributed by atoms with van der Waals surface area (Å²) in [6, 6.07) is 8.11. The molecule has 0 fully saturated rings. The van der Waals surface area contributed by atoms with Gasteiger partial charge in [-0.15, -0.1) is 5.10 Å². The minimum absolute atomic E-state index is 0.0750. The normalized spacial score (nSPS) is 12.0. The fourth-order valence-corrected chi connectivity index (χ4v) is 3.01. The van der Waals surface area contributed by atoms with Crippen molar-refractivity contribution < 1.29 is 4.52 Å². The first kappa shape index (κ1) is 15.5. The Hall–Kier alpha value is -3.02. The molecule has 6 heteroatoms. The second-order valence-corrected chi connectivity index (χ2v) is 7.14. The van der Waals surface area contributed by atoms with Crippen molar-refractivity contribution in [2.45, 2.75) is 32.7 Å². The highest BCUT2D eigenvalue weighted by Crippen LogP contribution is 2.27. The van der Waals surface area contributed by atoms with Crippen molar-refractivity contribution in [2.75, 3.05) is 0 Å². The number of benzene rings is 1. The summed E-state index contributed by atoms with van der Waals surface area (Å²) in [6.45, 7) is 6.93. The number of aromatic nitrogens is 5. The van der Waals surface area contributed by atoms with Gasteiger partial charge in [0.05, 0.1) is 18.4 Å². The third-order valence-electron chi connectivity index (χ3n) is 4.18. The monoisotopic (exact) mass is 333 g/mol. The number of nitrogens with zero attached hydrogens (tertiary/aromatic N) is 5. The van der Waals surface area contributed by atoms with Crippen LogP contribution in [0, 0.1) is 0 Å². The van der Waals surface area contributed by atoms with Crippen LogP contribution >= 0.6 is 0 Å². The van der Waals surface area contributed by atoms with E-state index in [1.165, 1.54) is 0 Å². The maximum absolute atomic E-state index is 5.18. The Kier molecular flexibility index (Phi) is 3.60. The lowest BCUT2D eigenvalue weighted by molar-refractivity contribution is 0.393. The van der Waals surface area contributed by atoms with Crippen molar-refractivity contribution in [3.8, 4) is 11.3 Å². The molecule has 0 spiro atoms. The van der Waals surface area contributed by atoms with Gasteiger partial charge >= 0.3 is 0 Å². The van der Waals surface area contributed by atoms with Crippen LogP contribution in [0.2, 0.25) is 0 Å². The van der Waals surface area contributed by atoms with E-state index in [-0.39, 0.29) is 5.41 Å². The number of rotatable bonds is 3. The van der Waals surface area contributed by atoms with Gasteiger partial charge in [-0.3, -0.25) is 4.98 Å². The highest BCUT2D eigenvalue weighted by molar-refractivity contribution is 5.94. The van der Waals surface area contributed by atoms with Crippen LogP contribution in [0.3, 0.4) is 0 Å². The predicted octanol–water partition coefficient (Wildman–Crippen LogP) is 3.83. The largest absolute Gasteiger partial charge is 0.364 e. The molecule has 25 heavy (non-hydrogen) atoms. The third-order valence-corrected chi connectivity index (χ3v) is 4.18. The van der Waals surface area contributed by atoms with Gasteiger partial charge in [0.2, 0.25) is 0 Å². The highest BCUT2D eigenvalue weighted by Gasteiger charge is 2.22. The minimum atomic E-state index is -0.0750. The molecule has 0 amide bonds. The van der Waals surface area contributed by atoms with Gasteiger partial charge in [-0.05, 0) is 11.5 Å². The van der Waals surface area contributed by atoms with E-state index in [4.69, 9.17) is 4.52 Å². The average molecular weight is 333 g/mol. The predicted molar refractivity (Wildman–Crippen MR) is 95.1 cm³/mol. The van der Waals surface area contributed by atoms with E-state index in [0.717, 1.165) is 33.3 Å². The van der Waals surface area contributed by atoms with Crippen molar-refractivity contribution >= 4 is 10.8 Å². The summed E-state index contributed by atoms with van der Waals surface area (Å²) >= 11 is 0. The minimum Gasteiger partial charge on any atom is -0.364 e. The third kappa shape index (κ3) is 2.91. The Morgan fingerprint density at radius 1 is 1.16 bits per heavy atom. The Bertz CT molecular complexity index is 1020. The molecular weight excluding hydrogens is 314 g/mol. The molecule has 126 valence electrons. The molecule has 0 aliphatic carbocycles. The quantitative estimate of drug-likeness (QED) is 0.570. The molecule has 1 aromatic carbocycles. The molecule has 0 saturated carbocycles. The fraction of sp³-hybridized carbons (Fsp3) is 0.263. The maximum Gasteiger partial charge on any atom is 0.129 e. The SMILES string of the molecule is CC(C)(C)c1nocc1Cn1cc(-c2cccc3cnccc23)nn1. The molecule has 3 heterocycles. The molecule has 4 rings (SSSR count). The second-order valence-electron chi connectivity index (χ2n) is 7.14. The van der Waals surface area contributed by atoms with E-state index in [9.17, 15) is 0 Å². The van der Waals surface area contributed by atoms with Gasteiger partial charge in [0.15, 0.2) is 0 Å². The van der Waals surface area contributed by atoms with Crippen LogP contribution in [0.15, 0.2) is 53.6 Å². The zero-order valence-electron chi connectivity index (χ0n) is 14.5. The lowest BCUT2D eigenvalue weighted by Crippen LogP contribution is -2.15. The van der Waals surface area contributed by atoms with Crippen LogP contribution in [0.5, 0.6) is 0 Å². The zero-order chi connectivity index (χ0) is 17.4. The van der Waals surface area contributed by atoms with Gasteiger partial charge in [-0.25, -0.2) is 4.68 Å². The van der Waals surface area contributed by atoms with Crippen molar-refractivity contribution in [3.63, 3.8) is 0 Å². The molecule has 3 aromatic heterocycles. The summed E-state index contributed by atoms with van der Waals surface area (Å²) in [5, 5.41) is 15.0. The molecule has 0 aliphatic heterocycles. The van der Waals surface area contributed by atoms with Gasteiger partial charge < -0.3 is 4.52 Å². The van der Waals surface area contributed by atoms with Gasteiger partial charge in [0.1, 0.15) is 12.0 Å². The molecule has 0 saturated heterocycles. The fourth-order valence-electron chi connectivity index (χ4n) is 3.01. The van der Waals surface area contributed by atoms with Crippen LogP contribution in [0.1, 0.15) is 32.0 Å². The van der Waals surface area contributed by atoms with E-state index in [0.29, 0.717) is 6.54 Å². The van der Waals surface area contributed by atoms with E-state index < -0.39 is 0 Å². The van der Waals surface area contributed by atoms with E-state index in [2.05, 4.69) is 47.3 Å². The second kappa shape index (κ2) is 5.81. The lowest BCUT2D eigenvalue weighted by atomic mass is 9.89. The van der Waals surface area contributed by atoms with Crippen LogP contribution < -0.4 is 0 Å². The molecule has 0 atom stereocenters. The van der Waals surface area contributed by atoms with Crippen molar-refractivity contribution in [3.05, 3.63) is 60.4 Å². The molecule has 0 N–H and O–H groups in total. The van der Waals surface area contributed by atoms with Crippen LogP contribution in [0.4, 0.5) is 0 Å². The summed E-state index contributed by atoms with van der Waals surface area (Å²) in [4.78, 5) is 4.18. The first-order valence-corrected chi connectivity index (χ1v) is 8.19. The molecule has 6 nitrogen and oxygen atoms in total. The number of pyridine rings is 1. The smallest absolute Gasteiger partial charge is 0.129 e. The lowest BCUT2D eigenvalue weighted by Gasteiger charge is -2.16. The van der Waals surface area contributed by atoms with Crippen LogP contribution in [-0.2, 0) is 12.0 Å². The van der Waals surface area contributed by atoms with E-state index >= 15 is 0 Å². The Labute approximate surface area is 145 Å². The van der Waals surface area contributed by atoms with Gasteiger partial charge in [-0.2, -0.15) is 0 Å². The first-order valence-electron chi connectivity index (χ1n) is 8.19. The van der Waals surface area contributed by atoms with E-state index in [1.807, 2.05) is 35.3 Å². The Morgan fingerprint density at radius 2 is 2.04 bits per heavy atom. The maximum atomic E-state index is 5.18. The van der Waals surface area contributed by atoms with Gasteiger partial charge in [0.25, 0.3) is 0 Å². The van der Waals surface area contributed by atoms with E-state index in [1.54, 1.807) is 12.5 Å². The summed E-state index contributed by atoms with van der Waals surface area (Å²) in [6.07, 6.45) is 7.29. The Morgan fingerprint density at radius 3 is 2.88 bits per heavy atom. The summed E-state index contributed by atoms with van der Waals surface area (Å²) in [7, 11) is 0. The summed E-state index contributed by atoms with van der Waals surface area (Å²) in [5.74, 6) is 0. The molecule has 0 bridgehead atoms. The van der Waals surface area contributed by atoms with Gasteiger partial charge in [0, 0.05) is 34.3 Å². The average Bonchev–Trinajstić information content (AvgIpc) is 3.24. The molecule has 0 unspecified atom stereocenters.